The Balaban J connectivity index is 2.23. The average molecular weight is 254 g/mol. The number of methoxy groups -OCH3 is 1. The summed E-state index contributed by atoms with van der Waals surface area (Å²) in [6.45, 7) is 0. The van der Waals surface area contributed by atoms with Gasteiger partial charge >= 0.3 is 0 Å². The predicted octanol–water partition coefficient (Wildman–Crippen LogP) is 2.80. The molecule has 0 unspecified atom stereocenters. The summed E-state index contributed by atoms with van der Waals surface area (Å²) < 4.78 is 29.7. The Morgan fingerprint density at radius 3 is 2.18 bits per heavy atom. The average Bonchev–Trinajstić information content (AvgIpc) is 2.40. The van der Waals surface area contributed by atoms with Crippen molar-refractivity contribution in [2.45, 2.75) is 42.2 Å². The minimum atomic E-state index is -3.14. The van der Waals surface area contributed by atoms with Crippen LogP contribution >= 0.6 is 0 Å². The van der Waals surface area contributed by atoms with E-state index in [1.165, 1.54) is 0 Å². The zero-order valence-corrected chi connectivity index (χ0v) is 10.9. The summed E-state index contributed by atoms with van der Waals surface area (Å²) in [6, 6.07) is 6.69. The van der Waals surface area contributed by atoms with Crippen LogP contribution in [0.15, 0.2) is 29.2 Å². The fourth-order valence-corrected chi connectivity index (χ4v) is 4.19. The van der Waals surface area contributed by atoms with Gasteiger partial charge in [-0.15, -0.1) is 0 Å². The molecule has 1 saturated carbocycles. The minimum absolute atomic E-state index is 0.190. The number of ether oxygens (including phenoxy) is 1. The number of sulfone groups is 1. The quantitative estimate of drug-likeness (QED) is 0.833. The molecule has 94 valence electrons. The van der Waals surface area contributed by atoms with Crippen molar-refractivity contribution in [2.24, 2.45) is 0 Å². The molecule has 1 aliphatic carbocycles. The SMILES string of the molecule is COc1ccc(S(=O)(=O)C2CCCCC2)cc1. The molecule has 4 heteroatoms. The van der Waals surface area contributed by atoms with Crippen molar-refractivity contribution in [1.29, 1.82) is 0 Å². The molecule has 1 aromatic rings. The van der Waals surface area contributed by atoms with Gasteiger partial charge in [-0.05, 0) is 37.1 Å². The number of hydrogen-bond donors (Lipinski definition) is 0. The highest BCUT2D eigenvalue weighted by Gasteiger charge is 2.28. The van der Waals surface area contributed by atoms with E-state index in [1.54, 1.807) is 31.4 Å². The molecule has 0 atom stereocenters. The number of rotatable bonds is 3. The first kappa shape index (κ1) is 12.4. The molecule has 17 heavy (non-hydrogen) atoms. The van der Waals surface area contributed by atoms with Crippen LogP contribution in [0.2, 0.25) is 0 Å². The molecule has 0 heterocycles. The van der Waals surface area contributed by atoms with Crippen LogP contribution in [-0.2, 0) is 9.84 Å². The van der Waals surface area contributed by atoms with Crippen LogP contribution < -0.4 is 4.74 Å². The Labute approximate surface area is 103 Å². The van der Waals surface area contributed by atoms with E-state index >= 15 is 0 Å². The van der Waals surface area contributed by atoms with E-state index in [2.05, 4.69) is 0 Å². The molecule has 0 radical (unpaired) electrons. The van der Waals surface area contributed by atoms with Gasteiger partial charge in [0.2, 0.25) is 0 Å². The van der Waals surface area contributed by atoms with E-state index in [1.807, 2.05) is 0 Å². The van der Waals surface area contributed by atoms with Crippen molar-refractivity contribution < 1.29 is 13.2 Å². The summed E-state index contributed by atoms with van der Waals surface area (Å²) >= 11 is 0. The Hall–Kier alpha value is -1.03. The summed E-state index contributed by atoms with van der Waals surface area (Å²) in [5, 5.41) is -0.190. The Bertz CT molecular complexity index is 456. The van der Waals surface area contributed by atoms with E-state index < -0.39 is 9.84 Å². The number of benzene rings is 1. The minimum Gasteiger partial charge on any atom is -0.497 e. The third-order valence-corrected chi connectivity index (χ3v) is 5.66. The van der Waals surface area contributed by atoms with Gasteiger partial charge in [-0.2, -0.15) is 0 Å². The molecular formula is C13H18O3S. The van der Waals surface area contributed by atoms with Gasteiger partial charge in [0.25, 0.3) is 0 Å². The van der Waals surface area contributed by atoms with Crippen molar-refractivity contribution >= 4 is 9.84 Å². The van der Waals surface area contributed by atoms with Crippen molar-refractivity contribution in [3.63, 3.8) is 0 Å². The summed E-state index contributed by atoms with van der Waals surface area (Å²) in [4.78, 5) is 0.421. The smallest absolute Gasteiger partial charge is 0.181 e. The fourth-order valence-electron chi connectivity index (χ4n) is 2.33. The van der Waals surface area contributed by atoms with Gasteiger partial charge in [0.1, 0.15) is 5.75 Å². The summed E-state index contributed by atoms with van der Waals surface area (Å²) in [5.74, 6) is 0.688. The Kier molecular flexibility index (Phi) is 3.72. The standard InChI is InChI=1S/C13H18O3S/c1-16-11-7-9-13(10-8-11)17(14,15)12-5-3-2-4-6-12/h7-10,12H,2-6H2,1H3. The molecule has 0 saturated heterocycles. The van der Waals surface area contributed by atoms with E-state index in [9.17, 15) is 8.42 Å². The zero-order chi connectivity index (χ0) is 12.3. The van der Waals surface area contributed by atoms with Crippen molar-refractivity contribution in [1.82, 2.24) is 0 Å². The van der Waals surface area contributed by atoms with Crippen molar-refractivity contribution in [3.8, 4) is 5.75 Å². The summed E-state index contributed by atoms with van der Waals surface area (Å²) in [6.07, 6.45) is 4.82. The molecule has 1 aliphatic rings. The second kappa shape index (κ2) is 5.08. The van der Waals surface area contributed by atoms with E-state index in [0.717, 1.165) is 32.1 Å². The van der Waals surface area contributed by atoms with Gasteiger partial charge in [-0.1, -0.05) is 19.3 Å². The van der Waals surface area contributed by atoms with E-state index in [0.29, 0.717) is 10.6 Å². The predicted molar refractivity (Wildman–Crippen MR) is 67.1 cm³/mol. The first-order valence-corrected chi connectivity index (χ1v) is 7.57. The molecule has 0 spiro atoms. The lowest BCUT2D eigenvalue weighted by molar-refractivity contribution is 0.414. The van der Waals surface area contributed by atoms with Crippen LogP contribution in [0.1, 0.15) is 32.1 Å². The molecule has 0 aliphatic heterocycles. The first-order chi connectivity index (χ1) is 8.14. The summed E-state index contributed by atoms with van der Waals surface area (Å²) in [7, 11) is -1.57. The molecule has 1 fully saturated rings. The van der Waals surface area contributed by atoms with Crippen LogP contribution in [0.3, 0.4) is 0 Å². The normalized spacial score (nSPS) is 17.9. The molecular weight excluding hydrogens is 236 g/mol. The molecule has 3 nitrogen and oxygen atoms in total. The van der Waals surface area contributed by atoms with Gasteiger partial charge < -0.3 is 4.74 Å². The maximum Gasteiger partial charge on any atom is 0.181 e. The molecule has 2 rings (SSSR count). The van der Waals surface area contributed by atoms with E-state index in [-0.39, 0.29) is 5.25 Å². The lowest BCUT2D eigenvalue weighted by Crippen LogP contribution is -2.24. The third kappa shape index (κ3) is 2.63. The second-order valence-electron chi connectivity index (χ2n) is 4.48. The van der Waals surface area contributed by atoms with Crippen molar-refractivity contribution in [3.05, 3.63) is 24.3 Å². The van der Waals surface area contributed by atoms with Crippen LogP contribution in [-0.4, -0.2) is 20.8 Å². The number of hydrogen-bond acceptors (Lipinski definition) is 3. The lowest BCUT2D eigenvalue weighted by atomic mass is 10.0. The van der Waals surface area contributed by atoms with Crippen LogP contribution in [0.5, 0.6) is 5.75 Å². The molecule has 0 aromatic heterocycles. The maximum absolute atomic E-state index is 12.3. The highest BCUT2D eigenvalue weighted by Crippen LogP contribution is 2.29. The highest BCUT2D eigenvalue weighted by molar-refractivity contribution is 7.92. The topological polar surface area (TPSA) is 43.4 Å². The first-order valence-electron chi connectivity index (χ1n) is 6.02. The summed E-state index contributed by atoms with van der Waals surface area (Å²) in [5.41, 5.74) is 0. The van der Waals surface area contributed by atoms with Crippen LogP contribution in [0, 0.1) is 0 Å². The maximum atomic E-state index is 12.3. The van der Waals surface area contributed by atoms with Gasteiger partial charge in [-0.3, -0.25) is 0 Å². The van der Waals surface area contributed by atoms with Gasteiger partial charge in [-0.25, -0.2) is 8.42 Å². The van der Waals surface area contributed by atoms with Crippen LogP contribution in [0.25, 0.3) is 0 Å². The molecule has 1 aromatic carbocycles. The molecule has 0 amide bonds. The van der Waals surface area contributed by atoms with Gasteiger partial charge in [0.15, 0.2) is 9.84 Å². The molecule has 0 N–H and O–H groups in total. The monoisotopic (exact) mass is 254 g/mol. The second-order valence-corrected chi connectivity index (χ2v) is 6.71. The van der Waals surface area contributed by atoms with E-state index in [4.69, 9.17) is 4.74 Å². The Morgan fingerprint density at radius 1 is 1.06 bits per heavy atom. The van der Waals surface area contributed by atoms with Gasteiger partial charge in [0, 0.05) is 0 Å². The fraction of sp³-hybridized carbons (Fsp3) is 0.538. The largest absolute Gasteiger partial charge is 0.497 e. The lowest BCUT2D eigenvalue weighted by Gasteiger charge is -2.21. The highest BCUT2D eigenvalue weighted by atomic mass is 32.2. The Morgan fingerprint density at radius 2 is 1.65 bits per heavy atom. The van der Waals surface area contributed by atoms with Crippen LogP contribution in [0.4, 0.5) is 0 Å². The zero-order valence-electron chi connectivity index (χ0n) is 10.1. The van der Waals surface area contributed by atoms with Crippen molar-refractivity contribution in [2.75, 3.05) is 7.11 Å². The van der Waals surface area contributed by atoms with Gasteiger partial charge in [0.05, 0.1) is 17.3 Å². The third-order valence-electron chi connectivity index (χ3n) is 3.38. The molecule has 0 bridgehead atoms.